The minimum atomic E-state index is -0.829. The lowest BCUT2D eigenvalue weighted by Gasteiger charge is -2.14. The van der Waals surface area contributed by atoms with Gasteiger partial charge in [-0.15, -0.1) is 10.2 Å². The van der Waals surface area contributed by atoms with Gasteiger partial charge in [0.1, 0.15) is 23.4 Å². The lowest BCUT2D eigenvalue weighted by atomic mass is 10.0. The molecule has 0 amide bonds. The van der Waals surface area contributed by atoms with E-state index in [4.69, 9.17) is 23.0 Å². The summed E-state index contributed by atoms with van der Waals surface area (Å²) in [6, 6.07) is 14.3. The molecular weight excluding hydrogens is 424 g/mol. The van der Waals surface area contributed by atoms with E-state index >= 15 is 0 Å². The highest BCUT2D eigenvalue weighted by Crippen LogP contribution is 2.36. The van der Waals surface area contributed by atoms with E-state index in [1.807, 2.05) is 19.1 Å². The molecule has 2 aromatic carbocycles. The maximum atomic E-state index is 13.2. The third-order valence-corrected chi connectivity index (χ3v) is 5.35. The molecule has 0 radical (unpaired) electrons. The number of hydrogen-bond acceptors (Lipinski definition) is 8. The van der Waals surface area contributed by atoms with Gasteiger partial charge in [0, 0.05) is 30.7 Å². The predicted octanol–water partition coefficient (Wildman–Crippen LogP) is 5.20. The summed E-state index contributed by atoms with van der Waals surface area (Å²) < 4.78 is 27.7. The van der Waals surface area contributed by atoms with Crippen molar-refractivity contribution in [2.24, 2.45) is 0 Å². The number of ether oxygens (including phenoxy) is 3. The highest BCUT2D eigenvalue weighted by atomic mass is 16.5. The van der Waals surface area contributed by atoms with Crippen LogP contribution < -0.4 is 9.47 Å². The van der Waals surface area contributed by atoms with Crippen molar-refractivity contribution in [3.05, 3.63) is 71.3 Å². The SMILES string of the molecule is COc1cc(-c2ccc(C(=O)C(OC)c3ccc(-c4nnc(C)o4)cc3)o2)cc(OC)c1C. The first-order valence-electron chi connectivity index (χ1n) is 10.3. The molecule has 0 aliphatic carbocycles. The smallest absolute Gasteiger partial charge is 0.247 e. The number of carbonyl (C=O) groups is 1. The van der Waals surface area contributed by atoms with E-state index in [0.717, 1.165) is 16.7 Å². The normalized spacial score (nSPS) is 11.9. The van der Waals surface area contributed by atoms with E-state index in [0.29, 0.717) is 34.6 Å². The van der Waals surface area contributed by atoms with Crippen molar-refractivity contribution >= 4 is 5.78 Å². The van der Waals surface area contributed by atoms with Crippen LogP contribution >= 0.6 is 0 Å². The molecule has 4 aromatic rings. The van der Waals surface area contributed by atoms with Gasteiger partial charge in [0.05, 0.1) is 14.2 Å². The highest BCUT2D eigenvalue weighted by Gasteiger charge is 2.25. The molecule has 0 N–H and O–H groups in total. The number of carbonyl (C=O) groups excluding carboxylic acids is 1. The molecule has 0 aliphatic heterocycles. The number of nitrogens with zero attached hydrogens (tertiary/aromatic N) is 2. The summed E-state index contributed by atoms with van der Waals surface area (Å²) in [5.74, 6) is 2.64. The number of furan rings is 1. The number of hydrogen-bond donors (Lipinski definition) is 0. The first kappa shape index (κ1) is 22.3. The molecule has 0 saturated heterocycles. The second kappa shape index (κ2) is 9.30. The van der Waals surface area contributed by atoms with Crippen molar-refractivity contribution in [1.82, 2.24) is 10.2 Å². The first-order chi connectivity index (χ1) is 15.9. The highest BCUT2D eigenvalue weighted by molar-refractivity contribution is 5.98. The van der Waals surface area contributed by atoms with Crippen molar-refractivity contribution in [3.8, 4) is 34.3 Å². The minimum absolute atomic E-state index is 0.187. The standard InChI is InChI=1S/C25H24N2O6/c1-14-21(29-3)12-18(13-22(14)30-4)19-10-11-20(33-19)23(28)24(31-5)16-6-8-17(9-7-16)25-27-26-15(2)32-25/h6-13,24H,1-5H3. The molecule has 170 valence electrons. The van der Waals surface area contributed by atoms with Crippen LogP contribution in [-0.2, 0) is 4.74 Å². The number of ketones is 1. The van der Waals surface area contributed by atoms with Crippen LogP contribution in [0.5, 0.6) is 11.5 Å². The molecule has 1 atom stereocenters. The van der Waals surface area contributed by atoms with Crippen LogP contribution in [0.4, 0.5) is 0 Å². The van der Waals surface area contributed by atoms with Crippen molar-refractivity contribution < 1.29 is 27.8 Å². The molecule has 0 saturated carbocycles. The minimum Gasteiger partial charge on any atom is -0.496 e. The van der Waals surface area contributed by atoms with E-state index in [1.165, 1.54) is 7.11 Å². The molecule has 0 bridgehead atoms. The number of benzene rings is 2. The van der Waals surface area contributed by atoms with Gasteiger partial charge in [0.15, 0.2) is 5.76 Å². The van der Waals surface area contributed by atoms with Gasteiger partial charge >= 0.3 is 0 Å². The van der Waals surface area contributed by atoms with E-state index in [2.05, 4.69) is 10.2 Å². The number of aryl methyl sites for hydroxylation is 1. The molecule has 8 heteroatoms. The van der Waals surface area contributed by atoms with Crippen molar-refractivity contribution in [2.45, 2.75) is 20.0 Å². The number of methoxy groups -OCH3 is 3. The molecular formula is C25H24N2O6. The maximum absolute atomic E-state index is 13.2. The Morgan fingerprint density at radius 3 is 2.06 bits per heavy atom. The van der Waals surface area contributed by atoms with Crippen molar-refractivity contribution in [3.63, 3.8) is 0 Å². The summed E-state index contributed by atoms with van der Waals surface area (Å²) in [7, 11) is 4.67. The van der Waals surface area contributed by atoms with Gasteiger partial charge in [0.2, 0.25) is 17.6 Å². The average Bonchev–Trinajstić information content (AvgIpc) is 3.50. The molecule has 8 nitrogen and oxygen atoms in total. The summed E-state index contributed by atoms with van der Waals surface area (Å²) >= 11 is 0. The van der Waals surface area contributed by atoms with Crippen LogP contribution in [-0.4, -0.2) is 37.3 Å². The molecule has 0 spiro atoms. The second-order valence-electron chi connectivity index (χ2n) is 7.40. The third kappa shape index (κ3) is 4.38. The zero-order chi connectivity index (χ0) is 23.5. The maximum Gasteiger partial charge on any atom is 0.247 e. The topological polar surface area (TPSA) is 96.8 Å². The van der Waals surface area contributed by atoms with Crippen LogP contribution in [0.1, 0.15) is 33.7 Å². The van der Waals surface area contributed by atoms with Crippen LogP contribution in [0.15, 0.2) is 57.4 Å². The Morgan fingerprint density at radius 1 is 0.848 bits per heavy atom. The molecule has 33 heavy (non-hydrogen) atoms. The fraction of sp³-hybridized carbons (Fsp3) is 0.240. The van der Waals surface area contributed by atoms with E-state index < -0.39 is 6.10 Å². The summed E-state index contributed by atoms with van der Waals surface area (Å²) in [6.45, 7) is 3.64. The zero-order valence-electron chi connectivity index (χ0n) is 19.0. The van der Waals surface area contributed by atoms with E-state index in [9.17, 15) is 4.79 Å². The zero-order valence-corrected chi connectivity index (χ0v) is 19.0. The van der Waals surface area contributed by atoms with Crippen molar-refractivity contribution in [2.75, 3.05) is 21.3 Å². The van der Waals surface area contributed by atoms with Crippen LogP contribution in [0.3, 0.4) is 0 Å². The van der Waals surface area contributed by atoms with E-state index in [1.54, 1.807) is 57.5 Å². The van der Waals surface area contributed by atoms with Crippen LogP contribution in [0, 0.1) is 13.8 Å². The van der Waals surface area contributed by atoms with Gasteiger partial charge in [0.25, 0.3) is 0 Å². The number of aromatic nitrogens is 2. The summed E-state index contributed by atoms with van der Waals surface area (Å²) in [5.41, 5.74) is 3.05. The first-order valence-corrected chi connectivity index (χ1v) is 10.3. The molecule has 0 fully saturated rings. The summed E-state index contributed by atoms with van der Waals surface area (Å²) in [4.78, 5) is 13.2. The largest absolute Gasteiger partial charge is 0.496 e. The summed E-state index contributed by atoms with van der Waals surface area (Å²) in [6.07, 6.45) is -0.829. The Balaban J connectivity index is 1.59. The van der Waals surface area contributed by atoms with Crippen molar-refractivity contribution in [1.29, 1.82) is 0 Å². The Labute approximate surface area is 191 Å². The van der Waals surface area contributed by atoms with Crippen LogP contribution in [0.2, 0.25) is 0 Å². The Hall–Kier alpha value is -3.91. The van der Waals surface area contributed by atoms with Gasteiger partial charge in [-0.1, -0.05) is 12.1 Å². The third-order valence-electron chi connectivity index (χ3n) is 5.35. The number of rotatable bonds is 8. The average molecular weight is 448 g/mol. The van der Waals surface area contributed by atoms with Gasteiger partial charge in [-0.3, -0.25) is 4.79 Å². The molecule has 0 aliphatic rings. The van der Waals surface area contributed by atoms with Gasteiger partial charge in [-0.25, -0.2) is 0 Å². The Kier molecular flexibility index (Phi) is 6.28. The molecule has 4 rings (SSSR count). The molecule has 2 heterocycles. The monoisotopic (exact) mass is 448 g/mol. The van der Waals surface area contributed by atoms with Gasteiger partial charge in [-0.2, -0.15) is 0 Å². The Morgan fingerprint density at radius 2 is 1.52 bits per heavy atom. The fourth-order valence-corrected chi connectivity index (χ4v) is 3.59. The molecule has 1 unspecified atom stereocenters. The number of Topliss-reactive ketones (excluding diaryl/α,β-unsaturated/α-hetero) is 1. The quantitative estimate of drug-likeness (QED) is 0.339. The fourth-order valence-electron chi connectivity index (χ4n) is 3.59. The lowest BCUT2D eigenvalue weighted by Crippen LogP contribution is -2.14. The summed E-state index contributed by atoms with van der Waals surface area (Å²) in [5, 5.41) is 7.84. The lowest BCUT2D eigenvalue weighted by molar-refractivity contribution is 0.0577. The van der Waals surface area contributed by atoms with E-state index in [-0.39, 0.29) is 11.5 Å². The van der Waals surface area contributed by atoms with Gasteiger partial charge in [-0.05, 0) is 48.9 Å². The van der Waals surface area contributed by atoms with Gasteiger partial charge < -0.3 is 23.0 Å². The molecule has 2 aromatic heterocycles. The van der Waals surface area contributed by atoms with Crippen LogP contribution in [0.25, 0.3) is 22.8 Å². The second-order valence-corrected chi connectivity index (χ2v) is 7.40. The predicted molar refractivity (Wildman–Crippen MR) is 121 cm³/mol. The Bertz CT molecular complexity index is 1250.